The Morgan fingerprint density at radius 3 is 2.38 bits per heavy atom. The first-order valence-corrected chi connectivity index (χ1v) is 9.16. The molecule has 0 spiro atoms. The van der Waals surface area contributed by atoms with Gasteiger partial charge in [0.1, 0.15) is 5.75 Å². The maximum Gasteiger partial charge on any atom is 0.264 e. The van der Waals surface area contributed by atoms with E-state index in [0.29, 0.717) is 18.0 Å². The third-order valence-corrected chi connectivity index (χ3v) is 5.84. The Labute approximate surface area is 142 Å². The number of hydrogen-bond donors (Lipinski definition) is 0. The lowest BCUT2D eigenvalue weighted by molar-refractivity contribution is 0.415. The maximum atomic E-state index is 13.1. The van der Waals surface area contributed by atoms with Gasteiger partial charge in [0, 0.05) is 12.6 Å². The minimum Gasteiger partial charge on any atom is -0.497 e. The molecule has 0 heterocycles. The summed E-state index contributed by atoms with van der Waals surface area (Å²) in [5.41, 5.74) is 0.588. The highest BCUT2D eigenvalue weighted by atomic mass is 32.2. The zero-order valence-corrected chi connectivity index (χ0v) is 14.5. The summed E-state index contributed by atoms with van der Waals surface area (Å²) in [5, 5.41) is 1.92. The normalized spacial score (nSPS) is 11.4. The van der Waals surface area contributed by atoms with Gasteiger partial charge < -0.3 is 4.74 Å². The molecule has 0 saturated heterocycles. The number of methoxy groups -OCH3 is 1. The lowest BCUT2D eigenvalue weighted by atomic mass is 10.1. The van der Waals surface area contributed by atoms with E-state index in [2.05, 4.69) is 0 Å². The van der Waals surface area contributed by atoms with Crippen molar-refractivity contribution in [3.05, 3.63) is 66.7 Å². The van der Waals surface area contributed by atoms with E-state index < -0.39 is 10.0 Å². The molecule has 5 heteroatoms. The van der Waals surface area contributed by atoms with Crippen LogP contribution >= 0.6 is 0 Å². The van der Waals surface area contributed by atoms with E-state index in [1.807, 2.05) is 37.3 Å². The van der Waals surface area contributed by atoms with E-state index in [9.17, 15) is 8.42 Å². The summed E-state index contributed by atoms with van der Waals surface area (Å²) in [6, 6.07) is 20.0. The summed E-state index contributed by atoms with van der Waals surface area (Å²) >= 11 is 0. The van der Waals surface area contributed by atoms with Crippen molar-refractivity contribution >= 4 is 26.5 Å². The summed E-state index contributed by atoms with van der Waals surface area (Å²) in [5.74, 6) is 0.625. The van der Waals surface area contributed by atoms with Crippen molar-refractivity contribution in [2.45, 2.75) is 11.8 Å². The Bertz CT molecular complexity index is 967. The molecule has 3 rings (SSSR count). The summed E-state index contributed by atoms with van der Waals surface area (Å²) in [7, 11) is -2.08. The highest BCUT2D eigenvalue weighted by molar-refractivity contribution is 7.92. The summed E-state index contributed by atoms with van der Waals surface area (Å²) in [4.78, 5) is 0.283. The van der Waals surface area contributed by atoms with Crippen molar-refractivity contribution < 1.29 is 13.2 Å². The zero-order valence-electron chi connectivity index (χ0n) is 13.6. The molecule has 0 radical (unpaired) electrons. The van der Waals surface area contributed by atoms with Crippen LogP contribution in [0, 0.1) is 0 Å². The van der Waals surface area contributed by atoms with Crippen molar-refractivity contribution in [2.75, 3.05) is 18.0 Å². The molecule has 0 aliphatic heterocycles. The van der Waals surface area contributed by atoms with E-state index in [4.69, 9.17) is 4.74 Å². The van der Waals surface area contributed by atoms with Gasteiger partial charge in [-0.05, 0) is 42.0 Å². The van der Waals surface area contributed by atoms with Crippen LogP contribution in [0.4, 0.5) is 5.69 Å². The summed E-state index contributed by atoms with van der Waals surface area (Å²) < 4.78 is 32.8. The van der Waals surface area contributed by atoms with E-state index in [0.717, 1.165) is 10.8 Å². The van der Waals surface area contributed by atoms with Crippen LogP contribution in [0.2, 0.25) is 0 Å². The third-order valence-electron chi connectivity index (χ3n) is 3.94. The van der Waals surface area contributed by atoms with E-state index in [1.54, 1.807) is 43.5 Å². The molecule has 4 nitrogen and oxygen atoms in total. The van der Waals surface area contributed by atoms with Crippen molar-refractivity contribution in [3.63, 3.8) is 0 Å². The molecule has 0 aliphatic rings. The number of anilines is 1. The van der Waals surface area contributed by atoms with Crippen LogP contribution in [-0.4, -0.2) is 22.1 Å². The third kappa shape index (κ3) is 2.95. The van der Waals surface area contributed by atoms with Gasteiger partial charge in [0.15, 0.2) is 0 Å². The largest absolute Gasteiger partial charge is 0.497 e. The van der Waals surface area contributed by atoms with Gasteiger partial charge in [-0.1, -0.05) is 36.4 Å². The Hall–Kier alpha value is -2.53. The number of fused-ring (bicyclic) bond motifs is 1. The average Bonchev–Trinajstić information content (AvgIpc) is 2.62. The molecule has 0 aromatic heterocycles. The molecule has 0 atom stereocenters. The molecule has 3 aromatic rings. The van der Waals surface area contributed by atoms with Gasteiger partial charge in [0.05, 0.1) is 17.7 Å². The molecule has 0 unspecified atom stereocenters. The number of sulfonamides is 1. The fourth-order valence-corrected chi connectivity index (χ4v) is 4.21. The highest BCUT2D eigenvalue weighted by Gasteiger charge is 2.24. The van der Waals surface area contributed by atoms with Crippen molar-refractivity contribution in [1.29, 1.82) is 0 Å². The lowest BCUT2D eigenvalue weighted by Crippen LogP contribution is -2.30. The number of ether oxygens (including phenoxy) is 1. The Kier molecular flexibility index (Phi) is 4.44. The Balaban J connectivity index is 2.08. The minimum absolute atomic E-state index is 0.283. The fraction of sp³-hybridized carbons (Fsp3) is 0.158. The van der Waals surface area contributed by atoms with Gasteiger partial charge in [-0.3, -0.25) is 4.31 Å². The fourth-order valence-electron chi connectivity index (χ4n) is 2.71. The van der Waals surface area contributed by atoms with Gasteiger partial charge >= 0.3 is 0 Å². The number of hydrogen-bond acceptors (Lipinski definition) is 3. The standard InChI is InChI=1S/C19H19NO3S/c1-3-20(17-9-6-10-18(14-17)23-2)24(21,22)19-12-11-15-7-4-5-8-16(15)13-19/h4-14H,3H2,1-2H3. The van der Waals surface area contributed by atoms with E-state index in [-0.39, 0.29) is 4.90 Å². The zero-order chi connectivity index (χ0) is 17.2. The quantitative estimate of drug-likeness (QED) is 0.703. The molecule has 0 aliphatic carbocycles. The number of nitrogens with zero attached hydrogens (tertiary/aromatic N) is 1. The molecular weight excluding hydrogens is 322 g/mol. The predicted molar refractivity (Wildman–Crippen MR) is 97.1 cm³/mol. The second kappa shape index (κ2) is 6.53. The summed E-state index contributed by atoms with van der Waals surface area (Å²) in [6.07, 6.45) is 0. The van der Waals surface area contributed by atoms with Gasteiger partial charge in [-0.15, -0.1) is 0 Å². The van der Waals surface area contributed by atoms with Crippen LogP contribution in [0.1, 0.15) is 6.92 Å². The second-order valence-electron chi connectivity index (χ2n) is 5.38. The summed E-state index contributed by atoms with van der Waals surface area (Å²) in [6.45, 7) is 2.15. The topological polar surface area (TPSA) is 46.6 Å². The Morgan fingerprint density at radius 2 is 1.67 bits per heavy atom. The molecule has 0 amide bonds. The van der Waals surface area contributed by atoms with Crippen LogP contribution < -0.4 is 9.04 Å². The average molecular weight is 341 g/mol. The van der Waals surface area contributed by atoms with Crippen LogP contribution in [0.5, 0.6) is 5.75 Å². The molecular formula is C19H19NO3S. The second-order valence-corrected chi connectivity index (χ2v) is 7.24. The van der Waals surface area contributed by atoms with E-state index in [1.165, 1.54) is 4.31 Å². The van der Waals surface area contributed by atoms with Crippen LogP contribution in [0.15, 0.2) is 71.6 Å². The SMILES string of the molecule is CCN(c1cccc(OC)c1)S(=O)(=O)c1ccc2ccccc2c1. The molecule has 0 bridgehead atoms. The predicted octanol–water partition coefficient (Wildman–Crippen LogP) is 4.06. The smallest absolute Gasteiger partial charge is 0.264 e. The molecule has 0 N–H and O–H groups in total. The van der Waals surface area contributed by atoms with Gasteiger partial charge in [-0.2, -0.15) is 0 Å². The molecule has 24 heavy (non-hydrogen) atoms. The van der Waals surface area contributed by atoms with E-state index >= 15 is 0 Å². The van der Waals surface area contributed by atoms with Crippen LogP contribution in [0.3, 0.4) is 0 Å². The first-order chi connectivity index (χ1) is 11.6. The van der Waals surface area contributed by atoms with Gasteiger partial charge in [0.2, 0.25) is 0 Å². The first-order valence-electron chi connectivity index (χ1n) is 7.72. The molecule has 0 saturated carbocycles. The van der Waals surface area contributed by atoms with Crippen LogP contribution in [-0.2, 0) is 10.0 Å². The van der Waals surface area contributed by atoms with Crippen LogP contribution in [0.25, 0.3) is 10.8 Å². The van der Waals surface area contributed by atoms with Crippen molar-refractivity contribution in [2.24, 2.45) is 0 Å². The number of rotatable bonds is 5. The van der Waals surface area contributed by atoms with Gasteiger partial charge in [0.25, 0.3) is 10.0 Å². The number of benzene rings is 3. The molecule has 124 valence electrons. The Morgan fingerprint density at radius 1 is 0.917 bits per heavy atom. The van der Waals surface area contributed by atoms with Gasteiger partial charge in [-0.25, -0.2) is 8.42 Å². The maximum absolute atomic E-state index is 13.1. The van der Waals surface area contributed by atoms with Crippen molar-refractivity contribution in [1.82, 2.24) is 0 Å². The minimum atomic E-state index is -3.64. The molecule has 0 fully saturated rings. The highest BCUT2D eigenvalue weighted by Crippen LogP contribution is 2.28. The first kappa shape index (κ1) is 16.3. The van der Waals surface area contributed by atoms with Crippen molar-refractivity contribution in [3.8, 4) is 5.75 Å². The monoisotopic (exact) mass is 341 g/mol. The molecule has 3 aromatic carbocycles. The lowest BCUT2D eigenvalue weighted by Gasteiger charge is -2.23.